The van der Waals surface area contributed by atoms with Crippen LogP contribution in [-0.4, -0.2) is 94.5 Å². The van der Waals surface area contributed by atoms with Crippen LogP contribution >= 0.6 is 0 Å². The van der Waals surface area contributed by atoms with Gasteiger partial charge >= 0.3 is 0 Å². The molecule has 2 saturated heterocycles. The third-order valence-electron chi connectivity index (χ3n) is 6.25. The van der Waals surface area contributed by atoms with Crippen LogP contribution in [0.15, 0.2) is 12.3 Å². The average molecular weight is 378 g/mol. The number of nitrogens with zero attached hydrogens (tertiary/aromatic N) is 5. The lowest BCUT2D eigenvalue weighted by Crippen LogP contribution is -2.57. The number of carbonyl (C=O) groups is 1. The van der Waals surface area contributed by atoms with E-state index >= 15 is 0 Å². The van der Waals surface area contributed by atoms with Crippen LogP contribution in [0.3, 0.4) is 0 Å². The third-order valence-corrected chi connectivity index (χ3v) is 6.25. The van der Waals surface area contributed by atoms with E-state index < -0.39 is 0 Å². The molecule has 152 valence electrons. The number of aliphatic hydroxyl groups is 1. The van der Waals surface area contributed by atoms with Gasteiger partial charge in [0.1, 0.15) is 0 Å². The molecule has 7 nitrogen and oxygen atoms in total. The number of piperazine rings is 1. The first-order valence-electron chi connectivity index (χ1n) is 10.4. The van der Waals surface area contributed by atoms with Crippen LogP contribution in [0.2, 0.25) is 0 Å². The highest BCUT2D eigenvalue weighted by Crippen LogP contribution is 2.27. The van der Waals surface area contributed by atoms with Gasteiger partial charge in [-0.05, 0) is 45.2 Å². The molecule has 0 spiro atoms. The Morgan fingerprint density at radius 3 is 2.70 bits per heavy atom. The molecule has 2 fully saturated rings. The molecule has 0 unspecified atom stereocenters. The topological polar surface area (TPSA) is 64.8 Å². The van der Waals surface area contributed by atoms with E-state index in [9.17, 15) is 9.90 Å². The average Bonchev–Trinajstić information content (AvgIpc) is 3.10. The van der Waals surface area contributed by atoms with Gasteiger partial charge in [0.05, 0.1) is 0 Å². The summed E-state index contributed by atoms with van der Waals surface area (Å²) in [5, 5.41) is 13.6. The van der Waals surface area contributed by atoms with Crippen LogP contribution in [-0.2, 0) is 11.3 Å². The Kier molecular flexibility index (Phi) is 7.26. The Morgan fingerprint density at radius 1 is 1.26 bits per heavy atom. The van der Waals surface area contributed by atoms with E-state index in [1.807, 2.05) is 22.6 Å². The van der Waals surface area contributed by atoms with Crippen LogP contribution in [0, 0.1) is 12.8 Å². The highest BCUT2D eigenvalue weighted by Gasteiger charge is 2.35. The fraction of sp³-hybridized carbons (Fsp3) is 0.800. The van der Waals surface area contributed by atoms with Crippen molar-refractivity contribution in [3.63, 3.8) is 0 Å². The number of hydrogen-bond donors (Lipinski definition) is 1. The minimum atomic E-state index is 0.232. The lowest BCUT2D eigenvalue weighted by atomic mass is 9.86. The highest BCUT2D eigenvalue weighted by atomic mass is 16.3. The highest BCUT2D eigenvalue weighted by molar-refractivity contribution is 5.76. The Morgan fingerprint density at radius 2 is 2.04 bits per heavy atom. The molecule has 7 heteroatoms. The fourth-order valence-corrected chi connectivity index (χ4v) is 4.51. The molecule has 0 saturated carbocycles. The third kappa shape index (κ3) is 5.30. The van der Waals surface area contributed by atoms with Crippen LogP contribution in [0.5, 0.6) is 0 Å². The zero-order chi connectivity index (χ0) is 19.2. The molecule has 0 bridgehead atoms. The van der Waals surface area contributed by atoms with E-state index in [4.69, 9.17) is 0 Å². The molecule has 0 aromatic carbocycles. The molecule has 3 heterocycles. The quantitative estimate of drug-likeness (QED) is 0.762. The minimum absolute atomic E-state index is 0.232. The lowest BCUT2D eigenvalue weighted by molar-refractivity contribution is -0.134. The predicted octanol–water partition coefficient (Wildman–Crippen LogP) is 0.819. The van der Waals surface area contributed by atoms with Gasteiger partial charge in [-0.25, -0.2) is 0 Å². The Balaban J connectivity index is 1.56. The van der Waals surface area contributed by atoms with Crippen LogP contribution < -0.4 is 0 Å². The van der Waals surface area contributed by atoms with Gasteiger partial charge < -0.3 is 14.9 Å². The normalized spacial score (nSPS) is 25.1. The van der Waals surface area contributed by atoms with Crippen LogP contribution in [0.4, 0.5) is 0 Å². The number of aliphatic hydroxyl groups excluding tert-OH is 1. The number of amides is 1. The van der Waals surface area contributed by atoms with Crippen LogP contribution in [0.1, 0.15) is 31.4 Å². The molecule has 2 aliphatic heterocycles. The summed E-state index contributed by atoms with van der Waals surface area (Å²) < 4.78 is 1.90. The molecule has 1 aromatic rings. The predicted molar refractivity (Wildman–Crippen MR) is 105 cm³/mol. The molecule has 27 heavy (non-hydrogen) atoms. The van der Waals surface area contributed by atoms with Crippen LogP contribution in [0.25, 0.3) is 0 Å². The van der Waals surface area contributed by atoms with Gasteiger partial charge in [-0.1, -0.05) is 0 Å². The largest absolute Gasteiger partial charge is 0.396 e. The molecule has 2 aliphatic rings. The van der Waals surface area contributed by atoms with Crippen molar-refractivity contribution >= 4 is 5.91 Å². The number of carbonyl (C=O) groups excluding carboxylic acids is 1. The van der Waals surface area contributed by atoms with Crippen molar-refractivity contribution in [3.05, 3.63) is 18.0 Å². The Hall–Kier alpha value is -1.44. The van der Waals surface area contributed by atoms with Gasteiger partial charge in [-0.2, -0.15) is 5.10 Å². The van der Waals surface area contributed by atoms with E-state index in [-0.39, 0.29) is 12.5 Å². The summed E-state index contributed by atoms with van der Waals surface area (Å²) in [6.45, 7) is 9.05. The number of aryl methyl sites for hydroxylation is 2. The van der Waals surface area contributed by atoms with E-state index in [2.05, 4.69) is 21.9 Å². The maximum absolute atomic E-state index is 12.8. The molecule has 0 radical (unpaired) electrons. The summed E-state index contributed by atoms with van der Waals surface area (Å²) in [4.78, 5) is 19.8. The number of aromatic nitrogens is 2. The molecule has 1 N–H and O–H groups in total. The zero-order valence-electron chi connectivity index (χ0n) is 16.9. The van der Waals surface area contributed by atoms with E-state index in [1.54, 1.807) is 6.20 Å². The summed E-state index contributed by atoms with van der Waals surface area (Å²) in [6, 6.07) is 2.51. The zero-order valence-corrected chi connectivity index (χ0v) is 16.9. The Labute approximate surface area is 162 Å². The van der Waals surface area contributed by atoms with Crippen molar-refractivity contribution in [1.29, 1.82) is 0 Å². The van der Waals surface area contributed by atoms with Gasteiger partial charge in [0, 0.05) is 76.8 Å². The van der Waals surface area contributed by atoms with E-state index in [1.165, 1.54) is 0 Å². The van der Waals surface area contributed by atoms with E-state index in [0.717, 1.165) is 64.2 Å². The molecular weight excluding hydrogens is 342 g/mol. The first kappa shape index (κ1) is 20.3. The van der Waals surface area contributed by atoms with Gasteiger partial charge in [0.2, 0.25) is 5.91 Å². The number of likely N-dealkylation sites (N-methyl/N-ethyl adjacent to an activating group) is 1. The standard InChI is InChI=1S/C20H35N5O2/c1-17-5-8-21-25(17)10-7-20(27)24-9-6-19(18(16-24)4-3-15-26)23-13-11-22(2)12-14-23/h5,8,18-19,26H,3-4,6-7,9-16H2,1-2H3/t18-,19+/m1/s1. The molecule has 1 amide bonds. The summed E-state index contributed by atoms with van der Waals surface area (Å²) in [7, 11) is 2.18. The first-order valence-corrected chi connectivity index (χ1v) is 10.4. The second-order valence-electron chi connectivity index (χ2n) is 8.11. The fourth-order valence-electron chi connectivity index (χ4n) is 4.51. The summed E-state index contributed by atoms with van der Waals surface area (Å²) in [5.74, 6) is 0.695. The van der Waals surface area contributed by atoms with Crippen molar-refractivity contribution in [3.8, 4) is 0 Å². The number of piperidine rings is 1. The lowest BCUT2D eigenvalue weighted by Gasteiger charge is -2.46. The van der Waals surface area contributed by atoms with Gasteiger partial charge in [-0.3, -0.25) is 14.4 Å². The number of rotatable bonds is 7. The summed E-state index contributed by atoms with van der Waals surface area (Å²) in [5.41, 5.74) is 1.09. The summed E-state index contributed by atoms with van der Waals surface area (Å²) in [6.07, 6.45) is 5.16. The monoisotopic (exact) mass is 377 g/mol. The maximum Gasteiger partial charge on any atom is 0.224 e. The maximum atomic E-state index is 12.8. The van der Waals surface area contributed by atoms with Crippen molar-refractivity contribution in [2.45, 2.75) is 45.2 Å². The minimum Gasteiger partial charge on any atom is -0.396 e. The van der Waals surface area contributed by atoms with Crippen molar-refractivity contribution in [2.75, 3.05) is 52.9 Å². The van der Waals surface area contributed by atoms with Gasteiger partial charge in [-0.15, -0.1) is 0 Å². The molecule has 1 aromatic heterocycles. The van der Waals surface area contributed by atoms with E-state index in [0.29, 0.717) is 24.9 Å². The van der Waals surface area contributed by atoms with Gasteiger partial charge in [0.25, 0.3) is 0 Å². The second kappa shape index (κ2) is 9.66. The first-order chi connectivity index (χ1) is 13.1. The van der Waals surface area contributed by atoms with Crippen molar-refractivity contribution < 1.29 is 9.90 Å². The number of hydrogen-bond acceptors (Lipinski definition) is 5. The molecule has 0 aliphatic carbocycles. The molecule has 2 atom stereocenters. The van der Waals surface area contributed by atoms with Gasteiger partial charge in [0.15, 0.2) is 0 Å². The van der Waals surface area contributed by atoms with Crippen molar-refractivity contribution in [2.24, 2.45) is 5.92 Å². The van der Waals surface area contributed by atoms with Crippen molar-refractivity contribution in [1.82, 2.24) is 24.5 Å². The molecular formula is C20H35N5O2. The second-order valence-corrected chi connectivity index (χ2v) is 8.11. The summed E-state index contributed by atoms with van der Waals surface area (Å²) >= 11 is 0. The smallest absolute Gasteiger partial charge is 0.224 e. The SMILES string of the molecule is Cc1ccnn1CCC(=O)N1CC[C@H](N2CCN(C)CC2)[C@H](CCCO)C1. The molecule has 3 rings (SSSR count). The Bertz CT molecular complexity index is 597. The number of likely N-dealkylation sites (tertiary alicyclic amines) is 1.